The lowest BCUT2D eigenvalue weighted by Crippen LogP contribution is -2.30. The second-order valence-corrected chi connectivity index (χ2v) is 9.69. The van der Waals surface area contributed by atoms with Crippen molar-refractivity contribution >= 4 is 33.0 Å². The summed E-state index contributed by atoms with van der Waals surface area (Å²) in [4.78, 5) is 23.2. The summed E-state index contributed by atoms with van der Waals surface area (Å²) in [6, 6.07) is 17.9. The lowest BCUT2D eigenvalue weighted by Gasteiger charge is -2.24. The van der Waals surface area contributed by atoms with E-state index in [9.17, 15) is 23.3 Å². The molecule has 0 aliphatic heterocycles. The van der Waals surface area contributed by atoms with Crippen molar-refractivity contribution in [3.05, 3.63) is 99.1 Å². The van der Waals surface area contributed by atoms with Crippen LogP contribution >= 0.6 is 0 Å². The molecule has 0 aliphatic rings. The Morgan fingerprint density at radius 1 is 1.06 bits per heavy atom. The molecule has 1 N–H and O–H groups in total. The number of hydrogen-bond donors (Lipinski definition) is 1. The van der Waals surface area contributed by atoms with E-state index in [1.165, 1.54) is 18.2 Å². The van der Waals surface area contributed by atoms with Crippen molar-refractivity contribution in [3.63, 3.8) is 0 Å². The Balaban J connectivity index is 1.80. The molecule has 0 aromatic heterocycles. The zero-order valence-corrected chi connectivity index (χ0v) is 19.8. The third kappa shape index (κ3) is 6.18. The molecule has 3 aromatic carbocycles. The lowest BCUT2D eigenvalue weighted by atomic mass is 10.1. The van der Waals surface area contributed by atoms with E-state index in [1.54, 1.807) is 44.4 Å². The maximum atomic E-state index is 12.6. The molecule has 0 saturated heterocycles. The number of ether oxygens (including phenoxy) is 1. The van der Waals surface area contributed by atoms with Gasteiger partial charge in [-0.05, 0) is 47.9 Å². The molecule has 10 heteroatoms. The summed E-state index contributed by atoms with van der Waals surface area (Å²) in [6.45, 7) is 2.08. The highest BCUT2D eigenvalue weighted by atomic mass is 32.2. The average molecular weight is 484 g/mol. The van der Waals surface area contributed by atoms with Gasteiger partial charge in [0.15, 0.2) is 0 Å². The maximum Gasteiger partial charge on any atom is 0.271 e. The van der Waals surface area contributed by atoms with Crippen LogP contribution < -0.4 is 9.62 Å². The van der Waals surface area contributed by atoms with Crippen molar-refractivity contribution in [2.45, 2.75) is 20.1 Å². The summed E-state index contributed by atoms with van der Waals surface area (Å²) in [5.74, 6) is -0.310. The molecule has 3 rings (SSSR count). The van der Waals surface area contributed by atoms with Crippen LogP contribution in [0.15, 0.2) is 66.7 Å². The minimum absolute atomic E-state index is 0.0399. The SMILES string of the molecule is COCc1cccc(NC(=O)c2ccc(CN(c3cc([N+](=O)[O-])ccc3C)S(C)(=O)=O)cc2)c1. The molecular formula is C24H25N3O6S. The van der Waals surface area contributed by atoms with Crippen LogP contribution in [0.5, 0.6) is 0 Å². The molecule has 34 heavy (non-hydrogen) atoms. The van der Waals surface area contributed by atoms with E-state index in [4.69, 9.17) is 4.74 Å². The van der Waals surface area contributed by atoms with Crippen LogP contribution in [-0.4, -0.2) is 32.6 Å². The van der Waals surface area contributed by atoms with E-state index in [2.05, 4.69) is 5.32 Å². The number of methoxy groups -OCH3 is 1. The quantitative estimate of drug-likeness (QED) is 0.359. The molecule has 0 atom stereocenters. The molecule has 0 heterocycles. The highest BCUT2D eigenvalue weighted by molar-refractivity contribution is 7.92. The second-order valence-electron chi connectivity index (χ2n) is 7.78. The van der Waals surface area contributed by atoms with E-state index < -0.39 is 14.9 Å². The van der Waals surface area contributed by atoms with Gasteiger partial charge in [0.05, 0.1) is 30.0 Å². The average Bonchev–Trinajstić information content (AvgIpc) is 2.78. The molecular weight excluding hydrogens is 458 g/mol. The predicted octanol–water partition coefficient (Wildman–Crippen LogP) is 4.27. The van der Waals surface area contributed by atoms with Crippen molar-refractivity contribution in [2.24, 2.45) is 0 Å². The van der Waals surface area contributed by atoms with Crippen LogP contribution in [0.1, 0.15) is 27.0 Å². The Morgan fingerprint density at radius 2 is 1.76 bits per heavy atom. The van der Waals surface area contributed by atoms with Crippen LogP contribution in [0, 0.1) is 17.0 Å². The minimum atomic E-state index is -3.74. The van der Waals surface area contributed by atoms with E-state index in [1.807, 2.05) is 18.2 Å². The third-order valence-corrected chi connectivity index (χ3v) is 6.24. The van der Waals surface area contributed by atoms with E-state index >= 15 is 0 Å². The molecule has 0 unspecified atom stereocenters. The topological polar surface area (TPSA) is 119 Å². The van der Waals surface area contributed by atoms with Gasteiger partial charge >= 0.3 is 0 Å². The maximum absolute atomic E-state index is 12.6. The molecule has 1 amide bonds. The molecule has 0 aliphatic carbocycles. The molecule has 0 radical (unpaired) electrons. The van der Waals surface area contributed by atoms with Gasteiger partial charge in [0.2, 0.25) is 10.0 Å². The number of non-ortho nitro benzene ring substituents is 1. The number of nitro groups is 1. The van der Waals surface area contributed by atoms with Gasteiger partial charge in [0.1, 0.15) is 0 Å². The van der Waals surface area contributed by atoms with Gasteiger partial charge in [-0.3, -0.25) is 19.2 Å². The molecule has 178 valence electrons. The summed E-state index contributed by atoms with van der Waals surface area (Å²) >= 11 is 0. The van der Waals surface area contributed by atoms with E-state index in [0.29, 0.717) is 29.0 Å². The zero-order chi connectivity index (χ0) is 24.9. The predicted molar refractivity (Wildman–Crippen MR) is 130 cm³/mol. The van der Waals surface area contributed by atoms with Gasteiger partial charge in [-0.25, -0.2) is 8.42 Å². The van der Waals surface area contributed by atoms with Crippen molar-refractivity contribution < 1.29 is 22.9 Å². The number of hydrogen-bond acceptors (Lipinski definition) is 6. The molecule has 0 saturated carbocycles. The van der Waals surface area contributed by atoms with E-state index in [0.717, 1.165) is 16.1 Å². The van der Waals surface area contributed by atoms with Gasteiger partial charge in [-0.15, -0.1) is 0 Å². The first-order chi connectivity index (χ1) is 16.1. The number of rotatable bonds is 9. The second kappa shape index (κ2) is 10.4. The fourth-order valence-corrected chi connectivity index (χ4v) is 4.33. The number of anilines is 2. The summed E-state index contributed by atoms with van der Waals surface area (Å²) in [6.07, 6.45) is 1.05. The highest BCUT2D eigenvalue weighted by Crippen LogP contribution is 2.29. The number of nitrogens with zero attached hydrogens (tertiary/aromatic N) is 2. The van der Waals surface area contributed by atoms with Gasteiger partial charge in [-0.2, -0.15) is 0 Å². The monoisotopic (exact) mass is 483 g/mol. The Hall–Kier alpha value is -3.76. The van der Waals surface area contributed by atoms with Crippen LogP contribution in [-0.2, 0) is 27.9 Å². The van der Waals surface area contributed by atoms with Crippen LogP contribution in [0.4, 0.5) is 17.1 Å². The van der Waals surface area contributed by atoms with Gasteiger partial charge in [0, 0.05) is 30.5 Å². The standard InChI is InChI=1S/C24H25N3O6S/c1-17-7-12-22(27(29)30)14-23(17)26(34(3,31)32)15-18-8-10-20(11-9-18)24(28)25-21-6-4-5-19(13-21)16-33-2/h4-14H,15-16H2,1-3H3,(H,25,28). The minimum Gasteiger partial charge on any atom is -0.380 e. The van der Waals surface area contributed by atoms with Crippen molar-refractivity contribution in [1.29, 1.82) is 0 Å². The summed E-state index contributed by atoms with van der Waals surface area (Å²) in [5, 5.41) is 14.0. The molecule has 0 fully saturated rings. The summed E-state index contributed by atoms with van der Waals surface area (Å²) in [5.41, 5.74) is 3.20. The number of sulfonamides is 1. The van der Waals surface area contributed by atoms with Gasteiger partial charge < -0.3 is 10.1 Å². The fraction of sp³-hybridized carbons (Fsp3) is 0.208. The number of nitro benzene ring substituents is 1. The molecule has 0 spiro atoms. The number of carbonyl (C=O) groups excluding carboxylic acids is 1. The van der Waals surface area contributed by atoms with Crippen molar-refractivity contribution in [3.8, 4) is 0 Å². The van der Waals surface area contributed by atoms with Crippen LogP contribution in [0.2, 0.25) is 0 Å². The highest BCUT2D eigenvalue weighted by Gasteiger charge is 2.22. The van der Waals surface area contributed by atoms with Crippen LogP contribution in [0.3, 0.4) is 0 Å². The summed E-state index contributed by atoms with van der Waals surface area (Å²) in [7, 11) is -2.14. The first kappa shape index (κ1) is 24.9. The molecule has 3 aromatic rings. The third-order valence-electron chi connectivity index (χ3n) is 5.11. The fourth-order valence-electron chi connectivity index (χ4n) is 3.40. The van der Waals surface area contributed by atoms with Gasteiger partial charge in [0.25, 0.3) is 11.6 Å². The number of aryl methyl sites for hydroxylation is 1. The number of benzene rings is 3. The Morgan fingerprint density at radius 3 is 2.38 bits per heavy atom. The largest absolute Gasteiger partial charge is 0.380 e. The summed E-state index contributed by atoms with van der Waals surface area (Å²) < 4.78 is 31.2. The van der Waals surface area contributed by atoms with Crippen LogP contribution in [0.25, 0.3) is 0 Å². The first-order valence-corrected chi connectivity index (χ1v) is 12.1. The Bertz CT molecular complexity index is 1310. The molecule has 9 nitrogen and oxygen atoms in total. The Kier molecular flexibility index (Phi) is 7.64. The smallest absolute Gasteiger partial charge is 0.271 e. The number of carbonyl (C=O) groups is 1. The first-order valence-electron chi connectivity index (χ1n) is 10.3. The normalized spacial score (nSPS) is 11.1. The zero-order valence-electron chi connectivity index (χ0n) is 19.0. The van der Waals surface area contributed by atoms with Gasteiger partial charge in [-0.1, -0.05) is 30.3 Å². The Labute approximate surface area is 198 Å². The van der Waals surface area contributed by atoms with E-state index in [-0.39, 0.29) is 23.8 Å². The lowest BCUT2D eigenvalue weighted by molar-refractivity contribution is -0.384. The number of amides is 1. The molecule has 0 bridgehead atoms. The van der Waals surface area contributed by atoms with Crippen molar-refractivity contribution in [2.75, 3.05) is 23.0 Å². The van der Waals surface area contributed by atoms with Crippen molar-refractivity contribution in [1.82, 2.24) is 0 Å². The number of nitrogens with one attached hydrogen (secondary N) is 1.